The number of benzene rings is 1. The summed E-state index contributed by atoms with van der Waals surface area (Å²) in [5.74, 6) is -0.484. The van der Waals surface area contributed by atoms with Crippen molar-refractivity contribution in [2.75, 3.05) is 45.9 Å². The molecule has 0 saturated carbocycles. The zero-order valence-corrected chi connectivity index (χ0v) is 19.1. The number of carbonyl (C=O) groups excluding carboxylic acids is 2. The highest BCUT2D eigenvalue weighted by Crippen LogP contribution is 2.22. The number of nitrogens with one attached hydrogen (secondary N) is 1. The average molecular weight is 453 g/mol. The van der Waals surface area contributed by atoms with E-state index in [4.69, 9.17) is 4.74 Å². The van der Waals surface area contributed by atoms with Gasteiger partial charge in [-0.3, -0.25) is 4.79 Å². The fourth-order valence-corrected chi connectivity index (χ4v) is 5.56. The minimum Gasteiger partial charge on any atom is -0.450 e. The van der Waals surface area contributed by atoms with Crippen molar-refractivity contribution >= 4 is 22.2 Å². The normalized spacial score (nSPS) is 21.0. The average Bonchev–Trinajstić information content (AvgIpc) is 2.79. The van der Waals surface area contributed by atoms with Crippen LogP contribution in [0.1, 0.15) is 30.9 Å². The number of ether oxygens (including phenoxy) is 1. The monoisotopic (exact) mass is 452 g/mol. The predicted octanol–water partition coefficient (Wildman–Crippen LogP) is 1.34. The molecular formula is C21H32N4O5S. The molecule has 31 heavy (non-hydrogen) atoms. The van der Waals surface area contributed by atoms with Crippen LogP contribution in [0, 0.1) is 12.8 Å². The summed E-state index contributed by atoms with van der Waals surface area (Å²) in [6.07, 6.45) is 0.898. The molecular weight excluding hydrogens is 420 g/mol. The third-order valence-corrected chi connectivity index (χ3v) is 7.76. The molecule has 2 saturated heterocycles. The molecule has 1 aromatic carbocycles. The number of rotatable bonds is 6. The standard InChI is InChI=1S/C21H32N4O5S/c1-3-30-21(27)23-11-13-24(14-12-23)31(28,29)25-10-4-5-19(16-25)20(26)22-15-18-8-6-17(2)7-9-18/h6-9,19H,3-5,10-16H2,1-2H3,(H,22,26)/t19-/m0/s1. The molecule has 1 aromatic rings. The first kappa shape index (κ1) is 23.5. The summed E-state index contributed by atoms with van der Waals surface area (Å²) in [6.45, 7) is 6.10. The van der Waals surface area contributed by atoms with Crippen molar-refractivity contribution in [1.29, 1.82) is 0 Å². The number of hydrogen-bond donors (Lipinski definition) is 1. The van der Waals surface area contributed by atoms with E-state index in [-0.39, 0.29) is 31.5 Å². The molecule has 0 aliphatic carbocycles. The molecule has 2 heterocycles. The van der Waals surface area contributed by atoms with Crippen LogP contribution in [0.2, 0.25) is 0 Å². The Bertz CT molecular complexity index is 866. The molecule has 2 amide bonds. The number of piperazine rings is 1. The summed E-state index contributed by atoms with van der Waals surface area (Å²) in [5.41, 5.74) is 2.17. The smallest absolute Gasteiger partial charge is 0.409 e. The molecule has 2 aliphatic rings. The Hall–Kier alpha value is -2.17. The Morgan fingerprint density at radius 3 is 2.39 bits per heavy atom. The van der Waals surface area contributed by atoms with Crippen LogP contribution in [0.25, 0.3) is 0 Å². The Morgan fingerprint density at radius 2 is 1.74 bits per heavy atom. The van der Waals surface area contributed by atoms with Gasteiger partial charge in [-0.25, -0.2) is 4.79 Å². The number of aryl methyl sites for hydroxylation is 1. The summed E-state index contributed by atoms with van der Waals surface area (Å²) >= 11 is 0. The van der Waals surface area contributed by atoms with Crippen LogP contribution >= 0.6 is 0 Å². The van der Waals surface area contributed by atoms with Crippen molar-refractivity contribution in [2.45, 2.75) is 33.2 Å². The summed E-state index contributed by atoms with van der Waals surface area (Å²) in [4.78, 5) is 26.0. The zero-order valence-electron chi connectivity index (χ0n) is 18.2. The van der Waals surface area contributed by atoms with Gasteiger partial charge < -0.3 is 15.0 Å². The van der Waals surface area contributed by atoms with Crippen LogP contribution < -0.4 is 5.32 Å². The minimum absolute atomic E-state index is 0.118. The van der Waals surface area contributed by atoms with Crippen LogP contribution in [-0.4, -0.2) is 79.8 Å². The van der Waals surface area contributed by atoms with Gasteiger partial charge in [-0.1, -0.05) is 29.8 Å². The number of hydrogen-bond acceptors (Lipinski definition) is 5. The van der Waals surface area contributed by atoms with Crippen molar-refractivity contribution in [3.63, 3.8) is 0 Å². The topological polar surface area (TPSA) is 99.3 Å². The molecule has 0 spiro atoms. The highest BCUT2D eigenvalue weighted by molar-refractivity contribution is 7.86. The van der Waals surface area contributed by atoms with E-state index in [1.54, 1.807) is 6.92 Å². The van der Waals surface area contributed by atoms with Gasteiger partial charge in [0.2, 0.25) is 5.91 Å². The first-order valence-corrected chi connectivity index (χ1v) is 12.2. The largest absolute Gasteiger partial charge is 0.450 e. The zero-order chi connectivity index (χ0) is 22.4. The number of carbonyl (C=O) groups is 2. The van der Waals surface area contributed by atoms with E-state index in [1.165, 1.54) is 13.5 Å². The molecule has 0 unspecified atom stereocenters. The maximum absolute atomic E-state index is 13.1. The lowest BCUT2D eigenvalue weighted by molar-refractivity contribution is -0.126. The van der Waals surface area contributed by atoms with Gasteiger partial charge in [0.05, 0.1) is 12.5 Å². The van der Waals surface area contributed by atoms with Crippen LogP contribution in [0.4, 0.5) is 4.79 Å². The summed E-state index contributed by atoms with van der Waals surface area (Å²) in [6, 6.07) is 7.95. The maximum Gasteiger partial charge on any atom is 0.409 e. The van der Waals surface area contributed by atoms with Gasteiger partial charge in [-0.05, 0) is 32.3 Å². The number of nitrogens with zero attached hydrogens (tertiary/aromatic N) is 3. The van der Waals surface area contributed by atoms with Crippen molar-refractivity contribution < 1.29 is 22.7 Å². The van der Waals surface area contributed by atoms with Gasteiger partial charge in [-0.15, -0.1) is 0 Å². The van der Waals surface area contributed by atoms with Gasteiger partial charge in [0, 0.05) is 45.8 Å². The quantitative estimate of drug-likeness (QED) is 0.702. The van der Waals surface area contributed by atoms with Gasteiger partial charge >= 0.3 is 6.09 Å². The molecule has 9 nitrogen and oxygen atoms in total. The lowest BCUT2D eigenvalue weighted by Gasteiger charge is -2.38. The molecule has 1 atom stereocenters. The third kappa shape index (κ3) is 5.96. The fourth-order valence-electron chi connectivity index (χ4n) is 3.88. The summed E-state index contributed by atoms with van der Waals surface area (Å²) < 4.78 is 34.0. The first-order chi connectivity index (χ1) is 14.8. The lowest BCUT2D eigenvalue weighted by Crippen LogP contribution is -2.56. The first-order valence-electron chi connectivity index (χ1n) is 10.8. The van der Waals surface area contributed by atoms with Crippen molar-refractivity contribution in [3.8, 4) is 0 Å². The molecule has 10 heteroatoms. The molecule has 1 N–H and O–H groups in total. The Kier molecular flexibility index (Phi) is 7.90. The van der Waals surface area contributed by atoms with Gasteiger partial charge in [0.15, 0.2) is 0 Å². The minimum atomic E-state index is -3.68. The Balaban J connectivity index is 1.53. The van der Waals surface area contributed by atoms with E-state index in [2.05, 4.69) is 5.32 Å². The molecule has 172 valence electrons. The number of amides is 2. The second-order valence-electron chi connectivity index (χ2n) is 7.99. The maximum atomic E-state index is 13.1. The van der Waals surface area contributed by atoms with E-state index in [1.807, 2.05) is 31.2 Å². The van der Waals surface area contributed by atoms with Crippen LogP contribution in [-0.2, 0) is 26.3 Å². The van der Waals surface area contributed by atoms with E-state index < -0.39 is 16.3 Å². The van der Waals surface area contributed by atoms with E-state index >= 15 is 0 Å². The number of piperidine rings is 1. The van der Waals surface area contributed by atoms with Crippen LogP contribution in [0.5, 0.6) is 0 Å². The second-order valence-corrected chi connectivity index (χ2v) is 9.92. The Labute approximate surface area is 184 Å². The SMILES string of the molecule is CCOC(=O)N1CCN(S(=O)(=O)N2CCC[C@H](C(=O)NCc3ccc(C)cc3)C2)CC1. The lowest BCUT2D eigenvalue weighted by atomic mass is 9.98. The predicted molar refractivity (Wildman–Crippen MR) is 116 cm³/mol. The van der Waals surface area contributed by atoms with Gasteiger partial charge in [-0.2, -0.15) is 17.0 Å². The molecule has 0 bridgehead atoms. The highest BCUT2D eigenvalue weighted by atomic mass is 32.2. The third-order valence-electron chi connectivity index (χ3n) is 5.76. The van der Waals surface area contributed by atoms with Crippen molar-refractivity contribution in [2.24, 2.45) is 5.92 Å². The Morgan fingerprint density at radius 1 is 1.06 bits per heavy atom. The summed E-state index contributed by atoms with van der Waals surface area (Å²) in [7, 11) is -3.68. The van der Waals surface area contributed by atoms with Crippen LogP contribution in [0.15, 0.2) is 24.3 Å². The van der Waals surface area contributed by atoms with Crippen molar-refractivity contribution in [1.82, 2.24) is 18.8 Å². The van der Waals surface area contributed by atoms with Gasteiger partial charge in [0.25, 0.3) is 10.2 Å². The molecule has 3 rings (SSSR count). The molecule has 2 aliphatic heterocycles. The second kappa shape index (κ2) is 10.4. The molecule has 2 fully saturated rings. The van der Waals surface area contributed by atoms with Crippen molar-refractivity contribution in [3.05, 3.63) is 35.4 Å². The molecule has 0 aromatic heterocycles. The highest BCUT2D eigenvalue weighted by Gasteiger charge is 2.37. The van der Waals surface area contributed by atoms with Crippen LogP contribution in [0.3, 0.4) is 0 Å². The van der Waals surface area contributed by atoms with E-state index in [0.29, 0.717) is 45.6 Å². The fraction of sp³-hybridized carbons (Fsp3) is 0.619. The van der Waals surface area contributed by atoms with E-state index in [9.17, 15) is 18.0 Å². The summed E-state index contributed by atoms with van der Waals surface area (Å²) in [5, 5.41) is 2.94. The van der Waals surface area contributed by atoms with E-state index in [0.717, 1.165) is 11.1 Å². The molecule has 0 radical (unpaired) electrons. The van der Waals surface area contributed by atoms with Gasteiger partial charge in [0.1, 0.15) is 0 Å².